The highest BCUT2D eigenvalue weighted by Crippen LogP contribution is 2.44. The summed E-state index contributed by atoms with van der Waals surface area (Å²) >= 11 is 1.48. The Balaban J connectivity index is 1.68. The van der Waals surface area contributed by atoms with Crippen molar-refractivity contribution in [2.75, 3.05) is 39.5 Å². The molecule has 2 amide bonds. The third-order valence-electron chi connectivity index (χ3n) is 7.91. The van der Waals surface area contributed by atoms with E-state index in [0.717, 1.165) is 54.9 Å². The first-order valence-electron chi connectivity index (χ1n) is 13.6. The number of likely N-dealkylation sites (N-methyl/N-ethyl adjacent to an activating group) is 2. The van der Waals surface area contributed by atoms with E-state index in [4.69, 9.17) is 0 Å². The molecule has 0 spiro atoms. The van der Waals surface area contributed by atoms with Crippen LogP contribution in [0.15, 0.2) is 48.5 Å². The molecule has 1 N–H and O–H groups in total. The van der Waals surface area contributed by atoms with Gasteiger partial charge in [-0.2, -0.15) is 0 Å². The van der Waals surface area contributed by atoms with Gasteiger partial charge in [-0.1, -0.05) is 67.6 Å². The van der Waals surface area contributed by atoms with Crippen molar-refractivity contribution in [1.29, 1.82) is 0 Å². The van der Waals surface area contributed by atoms with Crippen molar-refractivity contribution in [2.45, 2.75) is 51.0 Å². The summed E-state index contributed by atoms with van der Waals surface area (Å²) in [7, 11) is 4.00. The number of aromatic nitrogens is 1. The van der Waals surface area contributed by atoms with Crippen LogP contribution in [0.3, 0.4) is 0 Å². The number of benzene rings is 2. The van der Waals surface area contributed by atoms with E-state index in [0.29, 0.717) is 18.0 Å². The third-order valence-corrected chi connectivity index (χ3v) is 8.74. The van der Waals surface area contributed by atoms with Crippen LogP contribution in [0.4, 0.5) is 0 Å². The van der Waals surface area contributed by atoms with Crippen molar-refractivity contribution in [3.05, 3.63) is 59.7 Å². The second kappa shape index (κ2) is 11.7. The van der Waals surface area contributed by atoms with Crippen molar-refractivity contribution in [3.63, 3.8) is 0 Å². The largest absolute Gasteiger partial charge is 0.343 e. The maximum Gasteiger partial charge on any atom is 0.261 e. The molecule has 6 nitrogen and oxygen atoms in total. The van der Waals surface area contributed by atoms with Crippen LogP contribution < -0.4 is 4.72 Å². The number of rotatable bonds is 2. The van der Waals surface area contributed by atoms with Crippen LogP contribution in [-0.2, 0) is 11.3 Å². The maximum absolute atomic E-state index is 13.6. The Hall–Kier alpha value is -2.77. The summed E-state index contributed by atoms with van der Waals surface area (Å²) < 4.78 is 5.22. The first-order chi connectivity index (χ1) is 18.0. The first-order valence-corrected chi connectivity index (χ1v) is 14.6. The molecule has 0 radical (unpaired) electrons. The first kappa shape index (κ1) is 25.9. The average Bonchev–Trinajstić information content (AvgIpc) is 3.25. The minimum absolute atomic E-state index is 0.0796. The zero-order chi connectivity index (χ0) is 25.8. The van der Waals surface area contributed by atoms with Crippen LogP contribution >= 0.6 is 11.9 Å². The van der Waals surface area contributed by atoms with Crippen molar-refractivity contribution in [3.8, 4) is 11.3 Å². The van der Waals surface area contributed by atoms with E-state index in [2.05, 4.69) is 51.6 Å². The zero-order valence-electron chi connectivity index (χ0n) is 22.0. The molecule has 7 heteroatoms. The van der Waals surface area contributed by atoms with Gasteiger partial charge in [0.15, 0.2) is 0 Å². The average molecular weight is 519 g/mol. The van der Waals surface area contributed by atoms with Gasteiger partial charge in [0.1, 0.15) is 6.54 Å². The Labute approximate surface area is 224 Å². The van der Waals surface area contributed by atoms with Gasteiger partial charge >= 0.3 is 0 Å². The second-order valence-corrected chi connectivity index (χ2v) is 11.4. The quantitative estimate of drug-likeness (QED) is 0.454. The highest BCUT2D eigenvalue weighted by atomic mass is 32.2. The van der Waals surface area contributed by atoms with Gasteiger partial charge in [-0.25, -0.2) is 0 Å². The number of fused-ring (bicyclic) bond motifs is 1. The molecular formula is C30H38N4O2S. The van der Waals surface area contributed by atoms with Gasteiger partial charge in [0.2, 0.25) is 5.91 Å². The molecule has 1 saturated carbocycles. The van der Waals surface area contributed by atoms with Gasteiger partial charge < -0.3 is 14.4 Å². The lowest BCUT2D eigenvalue weighted by molar-refractivity contribution is -0.130. The fourth-order valence-corrected chi connectivity index (χ4v) is 6.41. The van der Waals surface area contributed by atoms with Crippen LogP contribution in [0.25, 0.3) is 22.2 Å². The van der Waals surface area contributed by atoms with E-state index in [1.807, 2.05) is 30.1 Å². The van der Waals surface area contributed by atoms with E-state index in [-0.39, 0.29) is 18.4 Å². The standard InChI is InChI=1S/C30H38N4O2S/c1-32-16-9-19-37-31-30(36)24-14-15-25-26(20-24)34(21-27(35)33(2)18-17-32)29(23-12-7-4-8-13-23)28(25)22-10-5-3-6-11-22/h4,7-8,12-15,20,22H,3,5-6,9-11,16-19,21H2,1-2H3,(H,31,36). The Bertz CT molecular complexity index is 1250. The highest BCUT2D eigenvalue weighted by molar-refractivity contribution is 7.97. The Morgan fingerprint density at radius 1 is 0.865 bits per heavy atom. The molecule has 1 fully saturated rings. The van der Waals surface area contributed by atoms with Gasteiger partial charge in [0.05, 0.1) is 11.2 Å². The molecule has 0 atom stereocenters. The number of hydrogen-bond donors (Lipinski definition) is 1. The third kappa shape index (κ3) is 5.73. The number of nitrogens with one attached hydrogen (secondary N) is 1. The molecule has 2 bridgehead atoms. The van der Waals surface area contributed by atoms with Gasteiger partial charge in [-0.15, -0.1) is 0 Å². The van der Waals surface area contributed by atoms with E-state index in [1.165, 1.54) is 42.2 Å². The maximum atomic E-state index is 13.6. The topological polar surface area (TPSA) is 57.6 Å². The summed E-state index contributed by atoms with van der Waals surface area (Å²) in [4.78, 5) is 30.8. The van der Waals surface area contributed by atoms with Crippen LogP contribution in [-0.4, -0.2) is 65.7 Å². The summed E-state index contributed by atoms with van der Waals surface area (Å²) in [6, 6.07) is 16.5. The van der Waals surface area contributed by atoms with Crippen LogP contribution in [0.2, 0.25) is 0 Å². The molecule has 2 aromatic carbocycles. The minimum Gasteiger partial charge on any atom is -0.343 e. The molecule has 0 saturated heterocycles. The van der Waals surface area contributed by atoms with Crippen LogP contribution in [0.1, 0.15) is 60.4 Å². The summed E-state index contributed by atoms with van der Waals surface area (Å²) in [5.74, 6) is 1.32. The zero-order valence-corrected chi connectivity index (χ0v) is 22.9. The number of hydrogen-bond acceptors (Lipinski definition) is 4. The number of carbonyl (C=O) groups excluding carboxylic acids is 2. The fraction of sp³-hybridized carbons (Fsp3) is 0.467. The summed E-state index contributed by atoms with van der Waals surface area (Å²) in [6.45, 7) is 2.71. The molecule has 1 aromatic heterocycles. The van der Waals surface area contributed by atoms with Crippen molar-refractivity contribution >= 4 is 34.7 Å². The number of amides is 2. The Morgan fingerprint density at radius 3 is 2.43 bits per heavy atom. The lowest BCUT2D eigenvalue weighted by atomic mass is 9.82. The fourth-order valence-electron chi connectivity index (χ4n) is 5.79. The van der Waals surface area contributed by atoms with E-state index >= 15 is 0 Å². The Kier molecular flexibility index (Phi) is 8.20. The van der Waals surface area contributed by atoms with Crippen LogP contribution in [0, 0.1) is 0 Å². The van der Waals surface area contributed by atoms with E-state index < -0.39 is 0 Å². The number of carbonyl (C=O) groups is 2. The van der Waals surface area contributed by atoms with Gasteiger partial charge in [-0.3, -0.25) is 14.3 Å². The second-order valence-electron chi connectivity index (χ2n) is 10.5. The minimum atomic E-state index is -0.0796. The molecule has 196 valence electrons. The summed E-state index contributed by atoms with van der Waals surface area (Å²) in [5, 5.41) is 1.17. The predicted octanol–water partition coefficient (Wildman–Crippen LogP) is 5.53. The SMILES string of the molecule is CN1CCCSNC(=O)c2ccc3c(C4CCCCC4)c(-c4ccccc4)n(c3c2)CC(=O)N(C)CC1. The molecule has 2 heterocycles. The smallest absolute Gasteiger partial charge is 0.261 e. The highest BCUT2D eigenvalue weighted by Gasteiger charge is 2.28. The van der Waals surface area contributed by atoms with E-state index in [9.17, 15) is 9.59 Å². The lowest BCUT2D eigenvalue weighted by Crippen LogP contribution is -2.37. The molecule has 3 aromatic rings. The molecule has 2 aliphatic rings. The van der Waals surface area contributed by atoms with Crippen molar-refractivity contribution in [1.82, 2.24) is 19.1 Å². The van der Waals surface area contributed by atoms with Gasteiger partial charge in [0.25, 0.3) is 5.91 Å². The van der Waals surface area contributed by atoms with Crippen molar-refractivity contribution < 1.29 is 9.59 Å². The molecule has 1 aliphatic heterocycles. The molecule has 1 aliphatic carbocycles. The monoisotopic (exact) mass is 518 g/mol. The molecular weight excluding hydrogens is 480 g/mol. The molecule has 0 unspecified atom stereocenters. The molecule has 5 rings (SSSR count). The van der Waals surface area contributed by atoms with Gasteiger partial charge in [0, 0.05) is 36.8 Å². The molecule has 37 heavy (non-hydrogen) atoms. The normalized spacial score (nSPS) is 19.5. The Morgan fingerprint density at radius 2 is 1.65 bits per heavy atom. The van der Waals surface area contributed by atoms with E-state index in [1.54, 1.807) is 0 Å². The van der Waals surface area contributed by atoms with Gasteiger partial charge in [-0.05, 0) is 62.0 Å². The summed E-state index contributed by atoms with van der Waals surface area (Å²) in [5.41, 5.74) is 5.22. The van der Waals surface area contributed by atoms with Crippen LogP contribution in [0.5, 0.6) is 0 Å². The predicted molar refractivity (Wildman–Crippen MR) is 153 cm³/mol. The lowest BCUT2D eigenvalue weighted by Gasteiger charge is -2.25. The summed E-state index contributed by atoms with van der Waals surface area (Å²) in [6.07, 6.45) is 7.06. The number of nitrogens with zero attached hydrogens (tertiary/aromatic N) is 3. The van der Waals surface area contributed by atoms with Crippen molar-refractivity contribution in [2.24, 2.45) is 0 Å².